The summed E-state index contributed by atoms with van der Waals surface area (Å²) < 4.78 is 0. The Morgan fingerprint density at radius 2 is 2.00 bits per heavy atom. The molecule has 2 rings (SSSR count). The fourth-order valence-electron chi connectivity index (χ4n) is 2.38. The minimum Gasteiger partial charge on any atom is -0.368 e. The average molecular weight is 238 g/mol. The maximum absolute atomic E-state index is 11.6. The van der Waals surface area contributed by atoms with Gasteiger partial charge in [-0.1, -0.05) is 0 Å². The SMILES string of the molecule is NC(=O)[C@H](NC(=O)C1CC1)[C@@H]1CCCC(=O)C1. The molecule has 0 unspecified atom stereocenters. The predicted octanol–water partition coefficient (Wildman–Crippen LogP) is 0.126. The van der Waals surface area contributed by atoms with Gasteiger partial charge in [0.1, 0.15) is 11.8 Å². The van der Waals surface area contributed by atoms with Crippen LogP contribution in [0.5, 0.6) is 0 Å². The van der Waals surface area contributed by atoms with E-state index in [1.165, 1.54) is 0 Å². The summed E-state index contributed by atoms with van der Waals surface area (Å²) in [4.78, 5) is 34.4. The molecule has 0 radical (unpaired) electrons. The maximum Gasteiger partial charge on any atom is 0.240 e. The lowest BCUT2D eigenvalue weighted by atomic mass is 9.83. The zero-order valence-corrected chi connectivity index (χ0v) is 9.78. The van der Waals surface area contributed by atoms with Crippen molar-refractivity contribution in [2.24, 2.45) is 17.6 Å². The third-order valence-corrected chi connectivity index (χ3v) is 3.54. The molecule has 2 aliphatic rings. The van der Waals surface area contributed by atoms with Crippen molar-refractivity contribution < 1.29 is 14.4 Å². The standard InChI is InChI=1S/C12H18N2O3/c13-11(16)10(14-12(17)7-4-5-7)8-2-1-3-9(15)6-8/h7-8,10H,1-6H2,(H2,13,16)(H,14,17)/t8-,10-/m1/s1. The molecule has 0 aromatic heterocycles. The molecule has 0 aromatic carbocycles. The van der Waals surface area contributed by atoms with Gasteiger partial charge in [0.25, 0.3) is 0 Å². The van der Waals surface area contributed by atoms with Crippen molar-refractivity contribution in [3.8, 4) is 0 Å². The van der Waals surface area contributed by atoms with Gasteiger partial charge in [-0.3, -0.25) is 14.4 Å². The van der Waals surface area contributed by atoms with Crippen molar-refractivity contribution in [1.29, 1.82) is 0 Å². The summed E-state index contributed by atoms with van der Waals surface area (Å²) in [7, 11) is 0. The van der Waals surface area contributed by atoms with Crippen molar-refractivity contribution in [3.05, 3.63) is 0 Å². The zero-order valence-electron chi connectivity index (χ0n) is 9.78. The number of primary amides is 1. The largest absolute Gasteiger partial charge is 0.368 e. The lowest BCUT2D eigenvalue weighted by Gasteiger charge is -2.28. The molecule has 2 atom stereocenters. The van der Waals surface area contributed by atoms with E-state index in [-0.39, 0.29) is 23.5 Å². The van der Waals surface area contributed by atoms with Crippen molar-refractivity contribution in [3.63, 3.8) is 0 Å². The molecule has 3 N–H and O–H groups in total. The Kier molecular flexibility index (Phi) is 3.45. The summed E-state index contributed by atoms with van der Waals surface area (Å²) in [6.07, 6.45) is 4.29. The van der Waals surface area contributed by atoms with E-state index in [2.05, 4.69) is 5.32 Å². The van der Waals surface area contributed by atoms with Crippen molar-refractivity contribution in [2.75, 3.05) is 0 Å². The average Bonchev–Trinajstić information content (AvgIpc) is 3.08. The van der Waals surface area contributed by atoms with Gasteiger partial charge in [0.05, 0.1) is 0 Å². The second-order valence-electron chi connectivity index (χ2n) is 5.06. The highest BCUT2D eigenvalue weighted by Crippen LogP contribution is 2.30. The van der Waals surface area contributed by atoms with Gasteiger partial charge in [0.15, 0.2) is 0 Å². The number of rotatable bonds is 4. The van der Waals surface area contributed by atoms with Gasteiger partial charge >= 0.3 is 0 Å². The number of hydrogen-bond donors (Lipinski definition) is 2. The van der Waals surface area contributed by atoms with Crippen LogP contribution in [0.4, 0.5) is 0 Å². The van der Waals surface area contributed by atoms with Crippen LogP contribution in [0.1, 0.15) is 38.5 Å². The highest BCUT2D eigenvalue weighted by Gasteiger charge is 2.36. The molecule has 0 spiro atoms. The quantitative estimate of drug-likeness (QED) is 0.729. The minimum atomic E-state index is -0.674. The first kappa shape index (κ1) is 12.1. The van der Waals surface area contributed by atoms with E-state index in [1.54, 1.807) is 0 Å². The van der Waals surface area contributed by atoms with Gasteiger partial charge in [-0.15, -0.1) is 0 Å². The van der Waals surface area contributed by atoms with Crippen LogP contribution in [-0.2, 0) is 14.4 Å². The van der Waals surface area contributed by atoms with E-state index in [1.807, 2.05) is 0 Å². The van der Waals surface area contributed by atoms with Crippen LogP contribution in [0.3, 0.4) is 0 Å². The lowest BCUT2D eigenvalue weighted by molar-refractivity contribution is -0.131. The van der Waals surface area contributed by atoms with Crippen LogP contribution < -0.4 is 11.1 Å². The Hall–Kier alpha value is -1.39. The molecule has 0 bridgehead atoms. The Morgan fingerprint density at radius 1 is 1.29 bits per heavy atom. The van der Waals surface area contributed by atoms with Gasteiger partial charge < -0.3 is 11.1 Å². The van der Waals surface area contributed by atoms with Crippen LogP contribution in [0.25, 0.3) is 0 Å². The second-order valence-corrected chi connectivity index (χ2v) is 5.06. The molecule has 2 amide bonds. The van der Waals surface area contributed by atoms with Crippen LogP contribution >= 0.6 is 0 Å². The molecule has 2 aliphatic carbocycles. The van der Waals surface area contributed by atoms with E-state index in [9.17, 15) is 14.4 Å². The third-order valence-electron chi connectivity index (χ3n) is 3.54. The van der Waals surface area contributed by atoms with Crippen LogP contribution in [-0.4, -0.2) is 23.6 Å². The van der Waals surface area contributed by atoms with E-state index in [4.69, 9.17) is 5.73 Å². The Labute approximate surface area is 100 Å². The van der Waals surface area contributed by atoms with E-state index >= 15 is 0 Å². The molecule has 94 valence electrons. The number of nitrogens with one attached hydrogen (secondary N) is 1. The maximum atomic E-state index is 11.6. The van der Waals surface area contributed by atoms with E-state index in [0.29, 0.717) is 12.8 Å². The molecular formula is C12H18N2O3. The monoisotopic (exact) mass is 238 g/mol. The van der Waals surface area contributed by atoms with Gasteiger partial charge in [-0.2, -0.15) is 0 Å². The Bertz CT molecular complexity index is 350. The van der Waals surface area contributed by atoms with E-state index in [0.717, 1.165) is 25.7 Å². The Balaban J connectivity index is 1.97. The molecule has 0 aromatic rings. The first-order chi connectivity index (χ1) is 8.08. The van der Waals surface area contributed by atoms with E-state index < -0.39 is 11.9 Å². The fraction of sp³-hybridized carbons (Fsp3) is 0.750. The molecule has 0 heterocycles. The van der Waals surface area contributed by atoms with Crippen molar-refractivity contribution in [2.45, 2.75) is 44.6 Å². The highest BCUT2D eigenvalue weighted by molar-refractivity contribution is 5.89. The topological polar surface area (TPSA) is 89.3 Å². The third kappa shape index (κ3) is 3.05. The van der Waals surface area contributed by atoms with Crippen LogP contribution in [0.2, 0.25) is 0 Å². The smallest absolute Gasteiger partial charge is 0.240 e. The van der Waals surface area contributed by atoms with Gasteiger partial charge in [0.2, 0.25) is 11.8 Å². The zero-order chi connectivity index (χ0) is 12.4. The number of carbonyl (C=O) groups excluding carboxylic acids is 3. The van der Waals surface area contributed by atoms with Crippen molar-refractivity contribution >= 4 is 17.6 Å². The summed E-state index contributed by atoms with van der Waals surface area (Å²) >= 11 is 0. The van der Waals surface area contributed by atoms with Crippen LogP contribution in [0.15, 0.2) is 0 Å². The molecule has 0 aliphatic heterocycles. The number of carbonyl (C=O) groups is 3. The lowest BCUT2D eigenvalue weighted by Crippen LogP contribution is -2.50. The van der Waals surface area contributed by atoms with Gasteiger partial charge in [-0.25, -0.2) is 0 Å². The summed E-state index contributed by atoms with van der Waals surface area (Å²) in [5.74, 6) is -0.522. The fourth-order valence-corrected chi connectivity index (χ4v) is 2.38. The number of hydrogen-bond acceptors (Lipinski definition) is 3. The molecular weight excluding hydrogens is 220 g/mol. The van der Waals surface area contributed by atoms with Gasteiger partial charge in [0, 0.05) is 18.8 Å². The Morgan fingerprint density at radius 3 is 2.53 bits per heavy atom. The number of nitrogens with two attached hydrogens (primary N) is 1. The summed E-state index contributed by atoms with van der Waals surface area (Å²) in [6, 6.07) is -0.674. The highest BCUT2D eigenvalue weighted by atomic mass is 16.2. The summed E-state index contributed by atoms with van der Waals surface area (Å²) in [5.41, 5.74) is 5.32. The van der Waals surface area contributed by atoms with Crippen molar-refractivity contribution in [1.82, 2.24) is 5.32 Å². The molecule has 17 heavy (non-hydrogen) atoms. The van der Waals surface area contributed by atoms with Crippen LogP contribution in [0, 0.1) is 11.8 Å². The van der Waals surface area contributed by atoms with Gasteiger partial charge in [-0.05, 0) is 31.6 Å². The second kappa shape index (κ2) is 4.85. The first-order valence-electron chi connectivity index (χ1n) is 6.19. The number of ketones is 1. The molecule has 2 saturated carbocycles. The molecule has 5 heteroatoms. The number of amides is 2. The minimum absolute atomic E-state index is 0.0520. The molecule has 2 fully saturated rings. The molecule has 0 saturated heterocycles. The number of Topliss-reactive ketones (excluding diaryl/α,β-unsaturated/α-hetero) is 1. The summed E-state index contributed by atoms with van der Waals surface area (Å²) in [5, 5.41) is 2.70. The normalized spacial score (nSPS) is 26.4. The predicted molar refractivity (Wildman–Crippen MR) is 60.8 cm³/mol. The molecule has 5 nitrogen and oxygen atoms in total. The first-order valence-corrected chi connectivity index (χ1v) is 6.19. The summed E-state index contributed by atoms with van der Waals surface area (Å²) in [6.45, 7) is 0.